The number of aromatic nitrogens is 8. The Morgan fingerprint density at radius 2 is 0.618 bits per heavy atom. The highest BCUT2D eigenvalue weighted by Crippen LogP contribution is 2.63. The number of rotatable bonds is 42. The summed E-state index contributed by atoms with van der Waals surface area (Å²) in [5, 5.41) is 22.3. The number of carbonyl (C=O) groups is 4. The van der Waals surface area contributed by atoms with Crippen LogP contribution in [0.4, 0.5) is 11.6 Å². The van der Waals surface area contributed by atoms with E-state index < -0.39 is 121 Å². The van der Waals surface area contributed by atoms with Gasteiger partial charge in [-0.25, -0.2) is 56.7 Å². The van der Waals surface area contributed by atoms with Crippen LogP contribution in [0.2, 0.25) is 0 Å². The first kappa shape index (κ1) is 122. The smallest absolute Gasteiger partial charge is 0.338 e. The van der Waals surface area contributed by atoms with Gasteiger partial charge in [0.1, 0.15) is 48.1 Å². The van der Waals surface area contributed by atoms with Crippen LogP contribution in [0.15, 0.2) is 135 Å². The quantitative estimate of drug-likeness (QED) is 0.0125. The summed E-state index contributed by atoms with van der Waals surface area (Å²) in [7, 11) is -36.3. The molecule has 4 aromatic heterocycles. The van der Waals surface area contributed by atoms with E-state index in [9.17, 15) is 86.1 Å². The topological polar surface area (TPSA) is 641 Å². The monoisotopic (exact) mass is 2030 g/mol. The molecule has 2 aliphatic heterocycles. The van der Waals surface area contributed by atoms with Crippen molar-refractivity contribution in [3.05, 3.63) is 168 Å². The molecular weight excluding hydrogens is 1900 g/mol. The Hall–Kier alpha value is -7.72. The molecule has 136 heavy (non-hydrogen) atoms. The van der Waals surface area contributed by atoms with E-state index in [-0.39, 0.29) is 67.8 Å². The summed E-state index contributed by atoms with van der Waals surface area (Å²) in [5.41, 5.74) is 13.1. The molecule has 0 aliphatic carbocycles. The van der Waals surface area contributed by atoms with Gasteiger partial charge in [0.2, 0.25) is 0 Å². The Kier molecular flexibility index (Phi) is 55.0. The third-order valence-corrected chi connectivity index (χ3v) is 28.3. The zero-order valence-electron chi connectivity index (χ0n) is 80.0. The number of esters is 2. The standard InChI is InChI=1S/2C24H24N5O15P3.6C6H15N/c25-21-17-22(27-11-26-21)29(12-28-17)23-19(31)20(16(41-23)10-40-46(36,37)44-47(38,39)43-45(33,34)35)42-24(32)15-8-6-14(7-9-15)18(30)13-4-2-1-3-5-13;25-21-17-22(27-11-26-21)29(12-28-17)23-20(19(31)16(41-23)10-40-46(36,37)44-47(38,39)43-45(33,34)35)42-24(32)15-8-6-14(7-9-15)18(30)13-4-2-1-3-5-13;6*1-4-7(5-2)6-3/h2*1-9,11-12,16,19-20,23,31H,10H2,(H,36,37)(H,38,39)(H2,25,26,27)(H2,33,34,35);6*4-6H2,1-3H3/p-6/t2*16-,19-,20-,23-;;;;;;/m11....../s1. The Balaban J connectivity index is 0.000000492. The summed E-state index contributed by atoms with van der Waals surface area (Å²) >= 11 is 0. The van der Waals surface area contributed by atoms with Crippen molar-refractivity contribution in [1.82, 2.24) is 68.4 Å². The van der Waals surface area contributed by atoms with Crippen LogP contribution in [-0.2, 0) is 72.6 Å². The average Bonchev–Trinajstić information content (AvgIpc) is 1.62. The van der Waals surface area contributed by atoms with Gasteiger partial charge in [-0.15, -0.1) is 0 Å². The number of aliphatic hydroxyl groups excluding tert-OH is 2. The van der Waals surface area contributed by atoms with E-state index in [2.05, 4.69) is 210 Å². The molecule has 10 rings (SSSR count). The fraction of sp³-hybridized carbons (Fsp3) is 0.548. The normalized spacial score (nSPS) is 19.4. The SMILES string of the molecule is CCN(CC)CC.CCN(CC)CC.CCN(CC)CC.CCN(CC)CC.CCN(CC)CC.CCN(CC)CC.Nc1ncnc2c1ncn2[C@@H]1O[C@H](COP(=O)([O-])OP(=O)([O-])OP(=O)([O-])O)[C@@H](O)[C@H]1OC(=O)c1ccc(C(=O)c2ccccc2)cc1.Nc1ncnc2c1ncn2[C@@H]1O[C@H](COP(=O)([O-])OP(=O)([O-])OP(=O)([O-])O)[C@@H](OC(=O)c2ccc(C(=O)c3ccccc3)cc2)[C@H]1O. The average molecular weight is 2030 g/mol. The number of benzene rings is 4. The first-order chi connectivity index (χ1) is 64.1. The van der Waals surface area contributed by atoms with Crippen molar-refractivity contribution in [3.8, 4) is 0 Å². The summed E-state index contributed by atoms with van der Waals surface area (Å²) in [4.78, 5) is 176. The summed E-state index contributed by atoms with van der Waals surface area (Å²) in [6.07, 6.45) is -8.81. The maximum absolute atomic E-state index is 13.2. The largest absolute Gasteiger partial charge is 0.756 e. The van der Waals surface area contributed by atoms with Gasteiger partial charge in [-0.3, -0.25) is 46.1 Å². The first-order valence-corrected chi connectivity index (χ1v) is 53.1. The zero-order chi connectivity index (χ0) is 102. The van der Waals surface area contributed by atoms with Crippen molar-refractivity contribution in [1.29, 1.82) is 0 Å². The number of hydrogen-bond acceptors (Lipinski definition) is 42. The highest BCUT2D eigenvalue weighted by Gasteiger charge is 2.50. The summed E-state index contributed by atoms with van der Waals surface area (Å²) in [5.74, 6) is -2.76. The van der Waals surface area contributed by atoms with Crippen LogP contribution >= 0.6 is 46.9 Å². The van der Waals surface area contributed by atoms with E-state index in [0.717, 1.165) is 25.3 Å². The third-order valence-electron chi connectivity index (χ3n) is 20.9. The van der Waals surface area contributed by atoms with Crippen LogP contribution in [0.5, 0.6) is 0 Å². The lowest BCUT2D eigenvalue weighted by molar-refractivity contribution is -0.254. The van der Waals surface area contributed by atoms with E-state index in [1.165, 1.54) is 175 Å². The number of ether oxygens (including phenoxy) is 4. The van der Waals surface area contributed by atoms with Crippen molar-refractivity contribution < 1.29 is 141 Å². The maximum Gasteiger partial charge on any atom is 0.338 e. The Morgan fingerprint density at radius 1 is 0.353 bits per heavy atom. The minimum absolute atomic E-state index is 0.0301. The predicted molar refractivity (Wildman–Crippen MR) is 497 cm³/mol. The van der Waals surface area contributed by atoms with Crippen LogP contribution in [0.1, 0.15) is 190 Å². The van der Waals surface area contributed by atoms with Gasteiger partial charge in [-0.05, 0) is 142 Å². The Bertz CT molecular complexity index is 5030. The first-order valence-electron chi connectivity index (χ1n) is 44.3. The number of phosphoric acid groups is 6. The molecule has 6 unspecified atom stereocenters. The lowest BCUT2D eigenvalue weighted by Gasteiger charge is -2.33. The molecule has 0 saturated carbocycles. The van der Waals surface area contributed by atoms with Crippen molar-refractivity contribution in [2.45, 2.75) is 174 Å². The number of nitrogens with two attached hydrogens (primary N) is 2. The highest BCUT2D eigenvalue weighted by molar-refractivity contribution is 7.65. The number of fused-ring (bicyclic) bond motifs is 2. The van der Waals surface area contributed by atoms with Gasteiger partial charge in [0, 0.05) is 22.3 Å². The molecule has 2 saturated heterocycles. The van der Waals surface area contributed by atoms with E-state index in [1.807, 2.05) is 0 Å². The molecule has 2 fully saturated rings. The molecule has 14 atom stereocenters. The number of carbonyl (C=O) groups excluding carboxylic acids is 4. The van der Waals surface area contributed by atoms with Gasteiger partial charge < -0.3 is 118 Å². The molecule has 0 bridgehead atoms. The second-order valence-corrected chi connectivity index (χ2v) is 37.5. The Morgan fingerprint density at radius 3 is 0.904 bits per heavy atom. The predicted octanol–water partition coefficient (Wildman–Crippen LogP) is 7.23. The van der Waals surface area contributed by atoms with E-state index >= 15 is 0 Å². The number of imidazole rings is 2. The molecule has 46 nitrogen and oxygen atoms in total. The molecule has 2 aliphatic rings. The molecule has 764 valence electrons. The zero-order valence-corrected chi connectivity index (χ0v) is 85.3. The van der Waals surface area contributed by atoms with Crippen molar-refractivity contribution in [3.63, 3.8) is 0 Å². The van der Waals surface area contributed by atoms with Crippen LogP contribution in [0.25, 0.3) is 22.3 Å². The number of anilines is 2. The second kappa shape index (κ2) is 61.1. The van der Waals surface area contributed by atoms with Gasteiger partial charge in [0.05, 0.1) is 37.0 Å². The fourth-order valence-electron chi connectivity index (χ4n) is 12.9. The van der Waals surface area contributed by atoms with Gasteiger partial charge >= 0.3 is 11.9 Å². The van der Waals surface area contributed by atoms with Crippen LogP contribution in [0.3, 0.4) is 0 Å². The van der Waals surface area contributed by atoms with Crippen molar-refractivity contribution in [2.24, 2.45) is 0 Å². The molecule has 0 radical (unpaired) electrons. The second-order valence-electron chi connectivity index (χ2n) is 28.9. The molecule has 0 amide bonds. The molecular formula is C84H132N16O30P6-6. The van der Waals surface area contributed by atoms with Gasteiger partial charge in [0.15, 0.2) is 59.2 Å². The van der Waals surface area contributed by atoms with Gasteiger partial charge in [-0.1, -0.05) is 210 Å². The van der Waals surface area contributed by atoms with E-state index in [1.54, 1.807) is 60.7 Å². The third kappa shape index (κ3) is 41.6. The molecule has 6 heterocycles. The molecule has 4 aromatic carbocycles. The molecule has 8 aromatic rings. The Labute approximate surface area is 794 Å². The minimum Gasteiger partial charge on any atom is -0.756 e. The number of nitrogens with zero attached hydrogens (tertiary/aromatic N) is 14. The van der Waals surface area contributed by atoms with Crippen molar-refractivity contribution in [2.75, 3.05) is 142 Å². The number of ketones is 2. The van der Waals surface area contributed by atoms with Crippen LogP contribution < -0.4 is 40.8 Å². The molecule has 8 N–H and O–H groups in total. The van der Waals surface area contributed by atoms with Gasteiger partial charge in [0.25, 0.3) is 46.9 Å². The number of aliphatic hydroxyl groups is 2. The number of hydrogen-bond donors (Lipinski definition) is 6. The lowest BCUT2D eigenvalue weighted by Crippen LogP contribution is -2.38. The highest BCUT2D eigenvalue weighted by atomic mass is 31.3. The summed E-state index contributed by atoms with van der Waals surface area (Å²) < 4.78 is 116. The minimum atomic E-state index is -6.22. The number of nitrogen functional groups attached to an aromatic ring is 2. The summed E-state index contributed by atoms with van der Waals surface area (Å²) in [6, 6.07) is 27.3. The van der Waals surface area contributed by atoms with E-state index in [4.69, 9.17) is 40.2 Å². The number of phosphoric ester groups is 2. The fourth-order valence-corrected chi connectivity index (χ4v) is 18.7. The van der Waals surface area contributed by atoms with Crippen LogP contribution in [-0.4, -0.2) is 280 Å². The lowest BCUT2D eigenvalue weighted by atomic mass is 10.0. The summed E-state index contributed by atoms with van der Waals surface area (Å²) in [6.45, 7) is 58.4. The van der Waals surface area contributed by atoms with Crippen LogP contribution in [0, 0.1) is 0 Å². The maximum atomic E-state index is 13.2. The van der Waals surface area contributed by atoms with Gasteiger partial charge in [-0.2, -0.15) is 0 Å². The molecule has 0 spiro atoms. The van der Waals surface area contributed by atoms with E-state index in [0.29, 0.717) is 11.1 Å². The van der Waals surface area contributed by atoms with Crippen molar-refractivity contribution >= 4 is 104 Å². The molecule has 52 heteroatoms.